The van der Waals surface area contributed by atoms with Crippen molar-refractivity contribution in [1.29, 1.82) is 5.26 Å². The van der Waals surface area contributed by atoms with Crippen molar-refractivity contribution < 1.29 is 8.42 Å². The fourth-order valence-corrected chi connectivity index (χ4v) is 2.81. The number of nitrogen functional groups attached to an aromatic ring is 1. The summed E-state index contributed by atoms with van der Waals surface area (Å²) in [5.41, 5.74) is 6.58. The second-order valence-corrected chi connectivity index (χ2v) is 6.35. The number of hydrogen-bond donors (Lipinski definition) is 2. The molecule has 108 valence electrons. The third-order valence-electron chi connectivity index (χ3n) is 2.68. The molecule has 8 heteroatoms. The first-order valence-electron chi connectivity index (χ1n) is 5.82. The molecule has 0 bridgehead atoms. The van der Waals surface area contributed by atoms with E-state index in [0.29, 0.717) is 11.1 Å². The number of benzene rings is 1. The van der Waals surface area contributed by atoms with Crippen LogP contribution in [-0.4, -0.2) is 13.4 Å². The van der Waals surface area contributed by atoms with E-state index in [4.69, 9.17) is 22.6 Å². The van der Waals surface area contributed by atoms with Crippen molar-refractivity contribution in [2.75, 3.05) is 5.73 Å². The Labute approximate surface area is 127 Å². The van der Waals surface area contributed by atoms with E-state index in [9.17, 15) is 8.42 Å². The van der Waals surface area contributed by atoms with Gasteiger partial charge in [-0.1, -0.05) is 23.7 Å². The number of sulfonamides is 1. The number of nitrogens with one attached hydrogen (secondary N) is 1. The number of nitrogens with two attached hydrogens (primary N) is 1. The van der Waals surface area contributed by atoms with Gasteiger partial charge in [0.2, 0.25) is 10.0 Å². The van der Waals surface area contributed by atoms with E-state index in [0.717, 1.165) is 6.20 Å². The summed E-state index contributed by atoms with van der Waals surface area (Å²) in [7, 11) is -3.75. The molecule has 1 heterocycles. The molecule has 1 aromatic carbocycles. The predicted molar refractivity (Wildman–Crippen MR) is 78.8 cm³/mol. The largest absolute Gasteiger partial charge is 0.382 e. The topological polar surface area (TPSA) is 109 Å². The number of anilines is 1. The standard InChI is InChI=1S/C13H11ClN4O2S/c14-12-5-11(8-17-13(12)16)21(19,20)18-7-10-3-1-2-9(4-10)6-15/h1-5,8,18H,7H2,(H2,16,17). The fourth-order valence-electron chi connectivity index (χ4n) is 1.59. The fraction of sp³-hybridized carbons (Fsp3) is 0.0769. The molecule has 0 radical (unpaired) electrons. The van der Waals surface area contributed by atoms with Gasteiger partial charge in [0, 0.05) is 12.7 Å². The summed E-state index contributed by atoms with van der Waals surface area (Å²) in [6.45, 7) is 0.0554. The summed E-state index contributed by atoms with van der Waals surface area (Å²) in [4.78, 5) is 3.64. The Balaban J connectivity index is 2.17. The van der Waals surface area contributed by atoms with Crippen molar-refractivity contribution in [3.05, 3.63) is 52.7 Å². The van der Waals surface area contributed by atoms with Gasteiger partial charge in [-0.05, 0) is 23.8 Å². The van der Waals surface area contributed by atoms with Gasteiger partial charge < -0.3 is 5.73 Å². The highest BCUT2D eigenvalue weighted by molar-refractivity contribution is 7.89. The van der Waals surface area contributed by atoms with Gasteiger partial charge in [-0.15, -0.1) is 0 Å². The molecule has 3 N–H and O–H groups in total. The molecule has 2 aromatic rings. The number of pyridine rings is 1. The highest BCUT2D eigenvalue weighted by Gasteiger charge is 2.15. The monoisotopic (exact) mass is 322 g/mol. The third kappa shape index (κ3) is 3.70. The van der Waals surface area contributed by atoms with Crippen molar-refractivity contribution >= 4 is 27.4 Å². The number of aromatic nitrogens is 1. The molecule has 0 fully saturated rings. The SMILES string of the molecule is N#Cc1cccc(CNS(=O)(=O)c2cnc(N)c(Cl)c2)c1. The van der Waals surface area contributed by atoms with Crippen molar-refractivity contribution in [2.45, 2.75) is 11.4 Å². The zero-order valence-corrected chi connectivity index (χ0v) is 12.3. The second kappa shape index (κ2) is 6.10. The first-order valence-corrected chi connectivity index (χ1v) is 7.68. The minimum atomic E-state index is -3.75. The predicted octanol–water partition coefficient (Wildman–Crippen LogP) is 1.67. The van der Waals surface area contributed by atoms with E-state index in [1.165, 1.54) is 6.07 Å². The van der Waals surface area contributed by atoms with E-state index in [-0.39, 0.29) is 22.3 Å². The summed E-state index contributed by atoms with van der Waals surface area (Å²) < 4.78 is 26.6. The van der Waals surface area contributed by atoms with Crippen LogP contribution >= 0.6 is 11.6 Å². The van der Waals surface area contributed by atoms with Crippen molar-refractivity contribution in [3.63, 3.8) is 0 Å². The number of nitrogens with zero attached hydrogens (tertiary/aromatic N) is 2. The maximum Gasteiger partial charge on any atom is 0.242 e. The van der Waals surface area contributed by atoms with Crippen LogP contribution in [0.2, 0.25) is 5.02 Å². The molecule has 0 amide bonds. The molecule has 0 spiro atoms. The van der Waals surface area contributed by atoms with Crippen LogP contribution in [0, 0.1) is 11.3 Å². The van der Waals surface area contributed by atoms with Crippen molar-refractivity contribution in [2.24, 2.45) is 0 Å². The van der Waals surface area contributed by atoms with E-state index in [2.05, 4.69) is 9.71 Å². The van der Waals surface area contributed by atoms with E-state index < -0.39 is 10.0 Å². The molecule has 0 aliphatic heterocycles. The first-order chi connectivity index (χ1) is 9.92. The van der Waals surface area contributed by atoms with Crippen LogP contribution in [0.25, 0.3) is 0 Å². The van der Waals surface area contributed by atoms with Crippen molar-refractivity contribution in [1.82, 2.24) is 9.71 Å². The Morgan fingerprint density at radius 3 is 2.81 bits per heavy atom. The number of hydrogen-bond acceptors (Lipinski definition) is 5. The van der Waals surface area contributed by atoms with Gasteiger partial charge in [-0.3, -0.25) is 0 Å². The minimum Gasteiger partial charge on any atom is -0.382 e. The lowest BCUT2D eigenvalue weighted by Crippen LogP contribution is -2.23. The first kappa shape index (κ1) is 15.3. The zero-order chi connectivity index (χ0) is 15.5. The summed E-state index contributed by atoms with van der Waals surface area (Å²) >= 11 is 5.76. The van der Waals surface area contributed by atoms with Crippen LogP contribution in [-0.2, 0) is 16.6 Å². The second-order valence-electron chi connectivity index (χ2n) is 4.17. The van der Waals surface area contributed by atoms with Gasteiger partial charge in [0.1, 0.15) is 10.7 Å². The van der Waals surface area contributed by atoms with Crippen LogP contribution < -0.4 is 10.5 Å². The minimum absolute atomic E-state index is 0.0554. The van der Waals surface area contributed by atoms with Crippen LogP contribution in [0.1, 0.15) is 11.1 Å². The number of nitriles is 1. The maximum absolute atomic E-state index is 12.1. The van der Waals surface area contributed by atoms with Gasteiger partial charge in [-0.2, -0.15) is 5.26 Å². The molecule has 1 aromatic heterocycles. The molecule has 0 atom stereocenters. The van der Waals surface area contributed by atoms with Crippen LogP contribution in [0.15, 0.2) is 41.4 Å². The Morgan fingerprint density at radius 2 is 2.14 bits per heavy atom. The van der Waals surface area contributed by atoms with Crippen molar-refractivity contribution in [3.8, 4) is 6.07 Å². The van der Waals surface area contributed by atoms with Crippen LogP contribution in [0.3, 0.4) is 0 Å². The lowest BCUT2D eigenvalue weighted by Gasteiger charge is -2.07. The molecule has 0 unspecified atom stereocenters. The smallest absolute Gasteiger partial charge is 0.242 e. The third-order valence-corrected chi connectivity index (χ3v) is 4.35. The summed E-state index contributed by atoms with van der Waals surface area (Å²) in [6, 6.07) is 9.88. The Kier molecular flexibility index (Phi) is 4.43. The molecule has 0 aliphatic rings. The molecular formula is C13H11ClN4O2S. The summed E-state index contributed by atoms with van der Waals surface area (Å²) in [5, 5.41) is 8.87. The average molecular weight is 323 g/mol. The number of halogens is 1. The van der Waals surface area contributed by atoms with Crippen LogP contribution in [0.5, 0.6) is 0 Å². The van der Waals surface area contributed by atoms with Gasteiger partial charge >= 0.3 is 0 Å². The van der Waals surface area contributed by atoms with Gasteiger partial charge in [0.05, 0.1) is 16.7 Å². The molecule has 2 rings (SSSR count). The Hall–Kier alpha value is -2.14. The Bertz CT molecular complexity index is 815. The van der Waals surface area contributed by atoms with E-state index >= 15 is 0 Å². The normalized spacial score (nSPS) is 11.0. The van der Waals surface area contributed by atoms with Gasteiger partial charge in [0.25, 0.3) is 0 Å². The number of rotatable bonds is 4. The zero-order valence-electron chi connectivity index (χ0n) is 10.7. The molecule has 0 saturated carbocycles. The molecule has 0 saturated heterocycles. The maximum atomic E-state index is 12.1. The van der Waals surface area contributed by atoms with Gasteiger partial charge in [0.15, 0.2) is 0 Å². The van der Waals surface area contributed by atoms with E-state index in [1.807, 2.05) is 6.07 Å². The average Bonchev–Trinajstić information content (AvgIpc) is 2.48. The van der Waals surface area contributed by atoms with E-state index in [1.54, 1.807) is 24.3 Å². The summed E-state index contributed by atoms with van der Waals surface area (Å²) in [5.74, 6) is 0.0670. The highest BCUT2D eigenvalue weighted by Crippen LogP contribution is 2.19. The molecule has 0 aliphatic carbocycles. The lowest BCUT2D eigenvalue weighted by molar-refractivity contribution is 0.581. The quantitative estimate of drug-likeness (QED) is 0.889. The molecular weight excluding hydrogens is 312 g/mol. The lowest BCUT2D eigenvalue weighted by atomic mass is 10.1. The highest BCUT2D eigenvalue weighted by atomic mass is 35.5. The molecule has 21 heavy (non-hydrogen) atoms. The van der Waals surface area contributed by atoms with Crippen LogP contribution in [0.4, 0.5) is 5.82 Å². The van der Waals surface area contributed by atoms with Gasteiger partial charge in [-0.25, -0.2) is 18.1 Å². The summed E-state index contributed by atoms with van der Waals surface area (Å²) in [6.07, 6.45) is 1.13. The Morgan fingerprint density at radius 1 is 1.38 bits per heavy atom. The molecule has 6 nitrogen and oxygen atoms in total.